The van der Waals surface area contributed by atoms with E-state index in [4.69, 9.17) is 0 Å². The van der Waals surface area contributed by atoms with Gasteiger partial charge in [0.1, 0.15) is 0 Å². The van der Waals surface area contributed by atoms with Gasteiger partial charge in [-0.15, -0.1) is 0 Å². The van der Waals surface area contributed by atoms with Crippen LogP contribution in [0.3, 0.4) is 0 Å². The fraction of sp³-hybridized carbons (Fsp3) is 0.0164. The van der Waals surface area contributed by atoms with Crippen LogP contribution in [0.1, 0.15) is 22.3 Å². The van der Waals surface area contributed by atoms with Crippen molar-refractivity contribution in [2.75, 3.05) is 4.90 Å². The van der Waals surface area contributed by atoms with E-state index in [9.17, 15) is 0 Å². The van der Waals surface area contributed by atoms with Crippen LogP contribution < -0.4 is 4.90 Å². The van der Waals surface area contributed by atoms with Crippen LogP contribution in [0.5, 0.6) is 0 Å². The maximum atomic E-state index is 2.48. The summed E-state index contributed by atoms with van der Waals surface area (Å²) in [6.45, 7) is 0. The first-order valence-corrected chi connectivity index (χ1v) is 22.2. The minimum atomic E-state index is -0.409. The summed E-state index contributed by atoms with van der Waals surface area (Å²) in [5, 5.41) is 4.94. The molecule has 12 aromatic rings. The smallest absolute Gasteiger partial charge is 0.0725 e. The molecule has 0 N–H and O–H groups in total. The Morgan fingerprint density at radius 3 is 1.12 bits per heavy atom. The van der Waals surface area contributed by atoms with E-state index in [-0.39, 0.29) is 0 Å². The zero-order valence-corrected chi connectivity index (χ0v) is 34.9. The second-order valence-electron chi connectivity index (χ2n) is 17.2. The van der Waals surface area contributed by atoms with E-state index in [0.29, 0.717) is 0 Å². The van der Waals surface area contributed by atoms with Gasteiger partial charge in [-0.3, -0.25) is 0 Å². The molecule has 0 atom stereocenters. The molecule has 0 saturated heterocycles. The van der Waals surface area contributed by atoms with E-state index < -0.39 is 5.41 Å². The van der Waals surface area contributed by atoms with Gasteiger partial charge in [-0.25, -0.2) is 0 Å². The van der Waals surface area contributed by atoms with E-state index in [1.54, 1.807) is 0 Å². The average molecular weight is 814 g/mol. The summed E-state index contributed by atoms with van der Waals surface area (Å²) in [6, 6.07) is 87.6. The number of hydrogen-bond donors (Lipinski definition) is 0. The van der Waals surface area contributed by atoms with Crippen molar-refractivity contribution in [2.45, 2.75) is 5.41 Å². The highest BCUT2D eigenvalue weighted by Crippen LogP contribution is 2.63. The van der Waals surface area contributed by atoms with Gasteiger partial charge in [-0.1, -0.05) is 164 Å². The van der Waals surface area contributed by atoms with Crippen LogP contribution in [0.2, 0.25) is 0 Å². The van der Waals surface area contributed by atoms with Crippen LogP contribution in [0.4, 0.5) is 17.1 Å². The second-order valence-corrected chi connectivity index (χ2v) is 17.2. The maximum Gasteiger partial charge on any atom is 0.0725 e. The minimum Gasteiger partial charge on any atom is -0.310 e. The molecule has 0 amide bonds. The normalized spacial score (nSPS) is 13.1. The molecule has 2 aliphatic carbocycles. The highest BCUT2D eigenvalue weighted by Gasteiger charge is 2.51. The first kappa shape index (κ1) is 35.2. The van der Waals surface area contributed by atoms with Gasteiger partial charge in [0, 0.05) is 50.0 Å². The van der Waals surface area contributed by atoms with Crippen LogP contribution in [0.25, 0.3) is 77.2 Å². The number of rotatable bonds is 5. The number of para-hydroxylation sites is 4. The van der Waals surface area contributed by atoms with E-state index in [2.05, 4.69) is 251 Å². The van der Waals surface area contributed by atoms with Gasteiger partial charge in [0.15, 0.2) is 0 Å². The van der Waals surface area contributed by atoms with Crippen molar-refractivity contribution in [3.8, 4) is 33.6 Å². The summed E-state index contributed by atoms with van der Waals surface area (Å²) in [6.07, 6.45) is 0. The summed E-state index contributed by atoms with van der Waals surface area (Å²) >= 11 is 0. The first-order valence-electron chi connectivity index (χ1n) is 22.2. The quantitative estimate of drug-likeness (QED) is 0.169. The molecule has 64 heavy (non-hydrogen) atoms. The van der Waals surface area contributed by atoms with Crippen molar-refractivity contribution in [3.05, 3.63) is 259 Å². The zero-order chi connectivity index (χ0) is 41.9. The van der Waals surface area contributed by atoms with Crippen molar-refractivity contribution >= 4 is 60.7 Å². The first-order chi connectivity index (χ1) is 31.8. The van der Waals surface area contributed by atoms with Crippen molar-refractivity contribution in [1.29, 1.82) is 0 Å². The van der Waals surface area contributed by atoms with Crippen molar-refractivity contribution in [1.82, 2.24) is 9.13 Å². The van der Waals surface area contributed by atoms with Crippen LogP contribution in [0.15, 0.2) is 237 Å². The standard InChI is InChI=1S/C61H39N3/c1-3-17-40(18-4-1)63-57-29-15-10-24-48(57)50-34-31-43(38-59(50)63)62(44-32-35-51-49-25-11-16-30-58(49)64(60(51)39-44)41-19-5-2-6-20-41)42-33-36-56-52(37-42)47-23-9-14-28-55(47)61(56)53-26-12-7-21-45(53)46-22-8-13-27-54(46)61/h1-39H. The van der Waals surface area contributed by atoms with E-state index in [1.165, 1.54) is 88.1 Å². The molecule has 2 aromatic heterocycles. The topological polar surface area (TPSA) is 13.1 Å². The third kappa shape index (κ3) is 4.70. The molecule has 3 nitrogen and oxygen atoms in total. The van der Waals surface area contributed by atoms with E-state index in [1.807, 2.05) is 0 Å². The maximum absolute atomic E-state index is 2.48. The van der Waals surface area contributed by atoms with Crippen LogP contribution in [0, 0.1) is 0 Å². The lowest BCUT2D eigenvalue weighted by atomic mass is 9.70. The van der Waals surface area contributed by atoms with Gasteiger partial charge in [-0.2, -0.15) is 0 Å². The van der Waals surface area contributed by atoms with Gasteiger partial charge in [0.25, 0.3) is 0 Å². The van der Waals surface area contributed by atoms with Crippen molar-refractivity contribution < 1.29 is 0 Å². The SMILES string of the molecule is c1ccc(-n2c3ccccc3c3ccc(N(c4ccc5c(c4)-c4ccccc4C54c5ccccc5-c5ccccc54)c4ccc5c6ccccc6n(-c6ccccc6)c5c4)cc32)cc1. The van der Waals surface area contributed by atoms with Crippen molar-refractivity contribution in [2.24, 2.45) is 0 Å². The van der Waals surface area contributed by atoms with Crippen LogP contribution >= 0.6 is 0 Å². The Bertz CT molecular complexity index is 3650. The molecule has 0 bridgehead atoms. The van der Waals surface area contributed by atoms with Crippen LogP contribution in [-0.4, -0.2) is 9.13 Å². The van der Waals surface area contributed by atoms with Gasteiger partial charge >= 0.3 is 0 Å². The Balaban J connectivity index is 1.05. The van der Waals surface area contributed by atoms with Crippen LogP contribution in [-0.2, 0) is 5.41 Å². The Morgan fingerprint density at radius 2 is 0.625 bits per heavy atom. The lowest BCUT2D eigenvalue weighted by Crippen LogP contribution is -2.25. The molecule has 10 aromatic carbocycles. The molecule has 2 heterocycles. The molecule has 1 spiro atoms. The predicted octanol–water partition coefficient (Wildman–Crippen LogP) is 15.7. The number of anilines is 3. The third-order valence-electron chi connectivity index (χ3n) is 14.1. The summed E-state index contributed by atoms with van der Waals surface area (Å²) in [4.78, 5) is 2.48. The Hall–Kier alpha value is -8.40. The molecular weight excluding hydrogens is 775 g/mol. The minimum absolute atomic E-state index is 0.409. The van der Waals surface area contributed by atoms with Gasteiger partial charge in [0.05, 0.1) is 27.5 Å². The highest BCUT2D eigenvalue weighted by atomic mass is 15.1. The lowest BCUT2D eigenvalue weighted by molar-refractivity contribution is 0.794. The lowest BCUT2D eigenvalue weighted by Gasteiger charge is -2.31. The molecule has 0 unspecified atom stereocenters. The van der Waals surface area contributed by atoms with Gasteiger partial charge in [0.2, 0.25) is 0 Å². The summed E-state index contributed by atoms with van der Waals surface area (Å²) in [7, 11) is 0. The zero-order valence-electron chi connectivity index (χ0n) is 34.9. The van der Waals surface area contributed by atoms with E-state index in [0.717, 1.165) is 28.4 Å². The number of aromatic nitrogens is 2. The number of benzene rings is 10. The molecule has 3 heteroatoms. The molecule has 298 valence electrons. The monoisotopic (exact) mass is 813 g/mol. The molecule has 0 radical (unpaired) electrons. The Labute approximate surface area is 371 Å². The largest absolute Gasteiger partial charge is 0.310 e. The number of nitrogens with zero attached hydrogens (tertiary/aromatic N) is 3. The van der Waals surface area contributed by atoms with Crippen molar-refractivity contribution in [3.63, 3.8) is 0 Å². The summed E-state index contributed by atoms with van der Waals surface area (Å²) < 4.78 is 4.83. The van der Waals surface area contributed by atoms with Gasteiger partial charge in [-0.05, 0) is 117 Å². The predicted molar refractivity (Wildman–Crippen MR) is 266 cm³/mol. The third-order valence-corrected chi connectivity index (χ3v) is 14.1. The highest BCUT2D eigenvalue weighted by molar-refractivity contribution is 6.12. The summed E-state index contributed by atoms with van der Waals surface area (Å²) in [5.41, 5.74) is 20.4. The molecular formula is C61H39N3. The number of fused-ring (bicyclic) bond motifs is 16. The molecule has 0 aliphatic heterocycles. The summed E-state index contributed by atoms with van der Waals surface area (Å²) in [5.74, 6) is 0. The molecule has 0 saturated carbocycles. The molecule has 2 aliphatic rings. The Kier molecular flexibility index (Phi) is 7.32. The fourth-order valence-electron chi connectivity index (χ4n) is 11.6. The fourth-order valence-corrected chi connectivity index (χ4v) is 11.6. The second kappa shape index (κ2) is 13.3. The Morgan fingerprint density at radius 1 is 0.266 bits per heavy atom. The number of hydrogen-bond acceptors (Lipinski definition) is 1. The molecule has 14 rings (SSSR count). The molecule has 0 fully saturated rings. The average Bonchev–Trinajstić information content (AvgIpc) is 4.06. The van der Waals surface area contributed by atoms with E-state index >= 15 is 0 Å². The van der Waals surface area contributed by atoms with Gasteiger partial charge < -0.3 is 14.0 Å².